The zero-order chi connectivity index (χ0) is 52.4. The van der Waals surface area contributed by atoms with E-state index in [-0.39, 0.29) is 32.6 Å². The highest BCUT2D eigenvalue weighted by Gasteiger charge is 2.26. The lowest BCUT2D eigenvalue weighted by molar-refractivity contribution is -0.161. The number of nitrogens with two attached hydrogens (primary N) is 1. The van der Waals surface area contributed by atoms with Crippen LogP contribution in [0.3, 0.4) is 0 Å². The molecule has 10 heteroatoms. The molecule has 0 heterocycles. The largest absolute Gasteiger partial charge is 0.472 e. The van der Waals surface area contributed by atoms with Gasteiger partial charge in [-0.1, -0.05) is 225 Å². The quantitative estimate of drug-likeness (QED) is 0.0264. The third-order valence-corrected chi connectivity index (χ3v) is 12.6. The van der Waals surface area contributed by atoms with Crippen LogP contribution in [0.25, 0.3) is 0 Å². The predicted octanol–water partition coefficient (Wildman–Crippen LogP) is 18.0. The number of unbranched alkanes of at least 4 members (excludes halogenated alkanes) is 19. The van der Waals surface area contributed by atoms with E-state index >= 15 is 0 Å². The second kappa shape index (κ2) is 56.7. The van der Waals surface area contributed by atoms with Gasteiger partial charge in [0.05, 0.1) is 13.2 Å². The first-order chi connectivity index (χ1) is 35.3. The second-order valence-electron chi connectivity index (χ2n) is 18.4. The van der Waals surface area contributed by atoms with Crippen molar-refractivity contribution in [3.05, 3.63) is 122 Å². The summed E-state index contributed by atoms with van der Waals surface area (Å²) in [5.74, 6) is -0.856. The van der Waals surface area contributed by atoms with Crippen molar-refractivity contribution in [1.29, 1.82) is 0 Å². The minimum atomic E-state index is -4.40. The highest BCUT2D eigenvalue weighted by atomic mass is 31.2. The Kier molecular flexibility index (Phi) is 53.9. The topological polar surface area (TPSA) is 134 Å². The van der Waals surface area contributed by atoms with Crippen LogP contribution in [-0.2, 0) is 32.7 Å². The third-order valence-electron chi connectivity index (χ3n) is 11.6. The Balaban J connectivity index is 4.05. The van der Waals surface area contributed by atoms with Gasteiger partial charge in [-0.05, 0) is 109 Å². The van der Waals surface area contributed by atoms with Crippen LogP contribution in [0, 0.1) is 0 Å². The number of hydrogen-bond donors (Lipinski definition) is 2. The summed E-state index contributed by atoms with van der Waals surface area (Å²) in [7, 11) is -4.40. The maximum absolute atomic E-state index is 12.7. The predicted molar refractivity (Wildman–Crippen MR) is 307 cm³/mol. The van der Waals surface area contributed by atoms with Gasteiger partial charge in [0.25, 0.3) is 0 Å². The van der Waals surface area contributed by atoms with Gasteiger partial charge in [-0.2, -0.15) is 0 Å². The van der Waals surface area contributed by atoms with Gasteiger partial charge in [0.1, 0.15) is 6.61 Å². The lowest BCUT2D eigenvalue weighted by Gasteiger charge is -2.19. The molecule has 0 aromatic carbocycles. The van der Waals surface area contributed by atoms with E-state index in [1.807, 2.05) is 0 Å². The molecule has 0 radical (unpaired) electrons. The molecule has 0 aliphatic carbocycles. The Morgan fingerprint density at radius 2 is 0.764 bits per heavy atom. The van der Waals surface area contributed by atoms with E-state index in [4.69, 9.17) is 24.3 Å². The van der Waals surface area contributed by atoms with Gasteiger partial charge in [-0.25, -0.2) is 4.57 Å². The Bertz CT molecular complexity index is 1590. The Hall–Kier alpha value is -3.59. The van der Waals surface area contributed by atoms with Crippen LogP contribution >= 0.6 is 7.82 Å². The van der Waals surface area contributed by atoms with Crippen molar-refractivity contribution in [2.24, 2.45) is 5.73 Å². The summed E-state index contributed by atoms with van der Waals surface area (Å²) < 4.78 is 33.0. The van der Waals surface area contributed by atoms with E-state index < -0.39 is 32.5 Å². The summed E-state index contributed by atoms with van der Waals surface area (Å²) >= 11 is 0. The average Bonchev–Trinajstić information content (AvgIpc) is 3.37. The molecule has 2 atom stereocenters. The van der Waals surface area contributed by atoms with E-state index in [2.05, 4.69) is 135 Å². The normalized spacial score (nSPS) is 14.0. The van der Waals surface area contributed by atoms with Crippen molar-refractivity contribution >= 4 is 19.8 Å². The van der Waals surface area contributed by atoms with Crippen LogP contribution < -0.4 is 5.73 Å². The number of esters is 2. The number of rotatable bonds is 52. The maximum atomic E-state index is 12.7. The fourth-order valence-corrected chi connectivity index (χ4v) is 8.15. The van der Waals surface area contributed by atoms with Gasteiger partial charge < -0.3 is 20.1 Å². The zero-order valence-corrected chi connectivity index (χ0v) is 46.5. The first-order valence-electron chi connectivity index (χ1n) is 28.5. The van der Waals surface area contributed by atoms with Crippen LogP contribution in [0.1, 0.15) is 226 Å². The van der Waals surface area contributed by atoms with E-state index in [0.717, 1.165) is 116 Å². The number of allylic oxidation sites excluding steroid dienone is 20. The monoisotopic (exact) mass is 1020 g/mol. The number of ether oxygens (including phenoxy) is 2. The van der Waals surface area contributed by atoms with Gasteiger partial charge in [0.2, 0.25) is 0 Å². The average molecular weight is 1020 g/mol. The molecule has 0 aliphatic heterocycles. The van der Waals surface area contributed by atoms with E-state index in [0.29, 0.717) is 12.8 Å². The maximum Gasteiger partial charge on any atom is 0.472 e. The van der Waals surface area contributed by atoms with Crippen molar-refractivity contribution in [3.63, 3.8) is 0 Å². The number of phosphoric ester groups is 1. The highest BCUT2D eigenvalue weighted by molar-refractivity contribution is 7.47. The van der Waals surface area contributed by atoms with Crippen LogP contribution in [0.4, 0.5) is 0 Å². The first-order valence-corrected chi connectivity index (χ1v) is 30.0. The van der Waals surface area contributed by atoms with Crippen molar-refractivity contribution in [1.82, 2.24) is 0 Å². The lowest BCUT2D eigenvalue weighted by atomic mass is 10.1. The van der Waals surface area contributed by atoms with Crippen molar-refractivity contribution in [2.45, 2.75) is 232 Å². The summed E-state index contributed by atoms with van der Waals surface area (Å²) in [5.41, 5.74) is 5.37. The standard InChI is InChI=1S/C62H104NO8P/c1-3-5-7-9-11-13-15-17-19-21-22-23-24-25-26-27-28-29-30-31-32-33-34-35-36-37-38-39-41-43-45-47-49-51-53-55-62(65)71-60(59-70-72(66,67)69-57-56-63)58-68-61(64)54-52-50-48-46-44-42-40-20-18-16-14-12-10-8-6-4-2/h5,7,11,13,17,19-20,22-23,25-26,28-29,31-32,34-35,37-38,40,60H,3-4,6,8-10,12,14-16,18,21,24,27,30,33,36,39,41-59,63H2,1-2H3,(H,66,67)/b7-5-,13-11-,19-17-,23-22-,26-25-,29-28-,32-31-,35-34-,38-37-,40-20-. The third kappa shape index (κ3) is 55.7. The van der Waals surface area contributed by atoms with Gasteiger partial charge in [-0.15, -0.1) is 0 Å². The zero-order valence-electron chi connectivity index (χ0n) is 45.6. The molecule has 0 fully saturated rings. The molecule has 2 unspecified atom stereocenters. The first kappa shape index (κ1) is 68.4. The van der Waals surface area contributed by atoms with Crippen LogP contribution in [0.2, 0.25) is 0 Å². The summed E-state index contributed by atoms with van der Waals surface area (Å²) in [6.07, 6.45) is 78.2. The number of carbonyl (C=O) groups is 2. The molecule has 0 saturated carbocycles. The Morgan fingerprint density at radius 3 is 1.15 bits per heavy atom. The molecule has 0 aliphatic rings. The van der Waals surface area contributed by atoms with E-state index in [1.54, 1.807) is 0 Å². The number of phosphoric acid groups is 1. The number of carbonyl (C=O) groups excluding carboxylic acids is 2. The van der Waals surface area contributed by atoms with E-state index in [9.17, 15) is 19.0 Å². The smallest absolute Gasteiger partial charge is 0.462 e. The molecular formula is C62H104NO8P. The second-order valence-corrected chi connectivity index (χ2v) is 19.9. The van der Waals surface area contributed by atoms with Crippen LogP contribution in [0.5, 0.6) is 0 Å². The molecule has 0 bridgehead atoms. The molecule has 0 rings (SSSR count). The highest BCUT2D eigenvalue weighted by Crippen LogP contribution is 2.43. The molecule has 3 N–H and O–H groups in total. The van der Waals surface area contributed by atoms with Crippen LogP contribution in [0.15, 0.2) is 122 Å². The molecule has 9 nitrogen and oxygen atoms in total. The molecule has 0 aromatic heterocycles. The Morgan fingerprint density at radius 1 is 0.431 bits per heavy atom. The van der Waals surface area contributed by atoms with Gasteiger partial charge in [0, 0.05) is 19.4 Å². The summed E-state index contributed by atoms with van der Waals surface area (Å²) in [5, 5.41) is 0. The van der Waals surface area contributed by atoms with Gasteiger partial charge >= 0.3 is 19.8 Å². The van der Waals surface area contributed by atoms with Crippen molar-refractivity contribution < 1.29 is 37.6 Å². The molecule has 0 amide bonds. The fourth-order valence-electron chi connectivity index (χ4n) is 7.39. The molecular weight excluding hydrogens is 918 g/mol. The molecule has 410 valence electrons. The molecule has 0 spiro atoms. The van der Waals surface area contributed by atoms with Crippen LogP contribution in [-0.4, -0.2) is 49.3 Å². The summed E-state index contributed by atoms with van der Waals surface area (Å²) in [6.45, 7) is 3.59. The van der Waals surface area contributed by atoms with Crippen molar-refractivity contribution in [2.75, 3.05) is 26.4 Å². The SMILES string of the molecule is CC/C=C\C/C=C\C/C=C\C/C=C\C/C=C\C/C=C\C/C=C\C/C=C\C/C=C\CCCCCCCCCC(=O)OC(COC(=O)CCCCCCC/C=C\CCCCCCCCC)COP(=O)(O)OCCN. The molecule has 0 aromatic rings. The molecule has 72 heavy (non-hydrogen) atoms. The summed E-state index contributed by atoms with van der Waals surface area (Å²) in [6, 6.07) is 0. The van der Waals surface area contributed by atoms with Gasteiger partial charge in [-0.3, -0.25) is 18.6 Å². The summed E-state index contributed by atoms with van der Waals surface area (Å²) in [4.78, 5) is 35.1. The minimum absolute atomic E-state index is 0.0446. The van der Waals surface area contributed by atoms with Crippen molar-refractivity contribution in [3.8, 4) is 0 Å². The van der Waals surface area contributed by atoms with E-state index in [1.165, 1.54) is 70.6 Å². The molecule has 0 saturated heterocycles. The minimum Gasteiger partial charge on any atom is -0.462 e. The lowest BCUT2D eigenvalue weighted by Crippen LogP contribution is -2.29. The number of hydrogen-bond acceptors (Lipinski definition) is 8. The van der Waals surface area contributed by atoms with Gasteiger partial charge in [0.15, 0.2) is 6.10 Å². The Labute approximate surface area is 441 Å². The fraction of sp³-hybridized carbons (Fsp3) is 0.645.